The van der Waals surface area contributed by atoms with Crippen molar-refractivity contribution in [1.82, 2.24) is 10.3 Å². The van der Waals surface area contributed by atoms with Gasteiger partial charge in [0.15, 0.2) is 0 Å². The van der Waals surface area contributed by atoms with E-state index in [9.17, 15) is 0 Å². The van der Waals surface area contributed by atoms with Crippen LogP contribution < -0.4 is 10.2 Å². The van der Waals surface area contributed by atoms with Gasteiger partial charge < -0.3 is 14.6 Å². The molecule has 0 bridgehead atoms. The summed E-state index contributed by atoms with van der Waals surface area (Å²) in [5, 5.41) is 3.34. The largest absolute Gasteiger partial charge is 0.432 e. The van der Waals surface area contributed by atoms with Crippen molar-refractivity contribution in [3.05, 3.63) is 12.0 Å². The molecule has 4 nitrogen and oxygen atoms in total. The maximum Gasteiger partial charge on any atom is 0.297 e. The van der Waals surface area contributed by atoms with Gasteiger partial charge in [-0.1, -0.05) is 13.8 Å². The van der Waals surface area contributed by atoms with Crippen molar-refractivity contribution in [3.63, 3.8) is 0 Å². The van der Waals surface area contributed by atoms with Gasteiger partial charge in [-0.05, 0) is 25.7 Å². The fraction of sp³-hybridized carbons (Fsp3) is 0.769. The molecule has 0 aliphatic heterocycles. The fourth-order valence-corrected chi connectivity index (χ4v) is 1.92. The van der Waals surface area contributed by atoms with Gasteiger partial charge in [-0.3, -0.25) is 0 Å². The molecule has 96 valence electrons. The van der Waals surface area contributed by atoms with E-state index in [2.05, 4.69) is 43.0 Å². The molecule has 4 heteroatoms. The standard InChI is InChI=1S/C13H23N3O/c1-9(2)14-7-12-8-17-13(15-12)16(4)10(3)11-5-6-11/h8-11,14H,5-7H2,1-4H3. The van der Waals surface area contributed by atoms with Crippen LogP contribution in [-0.2, 0) is 6.54 Å². The van der Waals surface area contributed by atoms with Crippen LogP contribution in [0.1, 0.15) is 39.3 Å². The molecule has 1 aliphatic carbocycles. The average molecular weight is 237 g/mol. The summed E-state index contributed by atoms with van der Waals surface area (Å²) in [7, 11) is 2.06. The number of hydrogen-bond donors (Lipinski definition) is 1. The van der Waals surface area contributed by atoms with Gasteiger partial charge >= 0.3 is 0 Å². The minimum Gasteiger partial charge on any atom is -0.432 e. The second-order valence-corrected chi connectivity index (χ2v) is 5.35. The molecule has 1 atom stereocenters. The zero-order valence-electron chi connectivity index (χ0n) is 11.2. The topological polar surface area (TPSA) is 41.3 Å². The smallest absolute Gasteiger partial charge is 0.297 e. The van der Waals surface area contributed by atoms with Gasteiger partial charge in [-0.15, -0.1) is 0 Å². The molecular formula is C13H23N3O. The molecule has 1 aromatic heterocycles. The van der Waals surface area contributed by atoms with E-state index in [-0.39, 0.29) is 0 Å². The van der Waals surface area contributed by atoms with E-state index in [1.54, 1.807) is 6.26 Å². The molecule has 1 heterocycles. The van der Waals surface area contributed by atoms with Crippen LogP contribution in [0, 0.1) is 5.92 Å². The summed E-state index contributed by atoms with van der Waals surface area (Å²) >= 11 is 0. The van der Waals surface area contributed by atoms with Gasteiger partial charge in [0.1, 0.15) is 6.26 Å². The molecule has 1 aromatic rings. The zero-order valence-corrected chi connectivity index (χ0v) is 11.2. The number of hydrogen-bond acceptors (Lipinski definition) is 4. The molecule has 0 spiro atoms. The summed E-state index contributed by atoms with van der Waals surface area (Å²) in [6.07, 6.45) is 4.43. The summed E-state index contributed by atoms with van der Waals surface area (Å²) in [5.41, 5.74) is 0.976. The number of nitrogens with zero attached hydrogens (tertiary/aromatic N) is 2. The maximum absolute atomic E-state index is 5.53. The highest BCUT2D eigenvalue weighted by molar-refractivity contribution is 5.28. The lowest BCUT2D eigenvalue weighted by molar-refractivity contribution is 0.501. The second-order valence-electron chi connectivity index (χ2n) is 5.35. The van der Waals surface area contributed by atoms with Crippen LogP contribution in [0.15, 0.2) is 10.7 Å². The van der Waals surface area contributed by atoms with Crippen molar-refractivity contribution >= 4 is 6.01 Å². The highest BCUT2D eigenvalue weighted by atomic mass is 16.4. The lowest BCUT2D eigenvalue weighted by Crippen LogP contribution is -2.30. The molecule has 1 N–H and O–H groups in total. The Hall–Kier alpha value is -1.03. The van der Waals surface area contributed by atoms with Crippen molar-refractivity contribution in [2.75, 3.05) is 11.9 Å². The summed E-state index contributed by atoms with van der Waals surface area (Å²) in [6.45, 7) is 7.27. The second kappa shape index (κ2) is 5.08. The third kappa shape index (κ3) is 3.22. The number of oxazole rings is 1. The Morgan fingerprint density at radius 2 is 2.18 bits per heavy atom. The zero-order chi connectivity index (χ0) is 12.4. The third-order valence-corrected chi connectivity index (χ3v) is 3.45. The summed E-state index contributed by atoms with van der Waals surface area (Å²) < 4.78 is 5.53. The monoisotopic (exact) mass is 237 g/mol. The summed E-state index contributed by atoms with van der Waals surface area (Å²) in [6, 6.07) is 1.74. The van der Waals surface area contributed by atoms with Gasteiger partial charge in [0.05, 0.1) is 5.69 Å². The van der Waals surface area contributed by atoms with Gasteiger partial charge in [-0.25, -0.2) is 0 Å². The number of anilines is 1. The van der Waals surface area contributed by atoms with Gasteiger partial charge in [0.2, 0.25) is 0 Å². The van der Waals surface area contributed by atoms with Crippen LogP contribution >= 0.6 is 0 Å². The van der Waals surface area contributed by atoms with E-state index in [0.717, 1.165) is 24.2 Å². The predicted molar refractivity (Wildman–Crippen MR) is 69.1 cm³/mol. The molecule has 2 rings (SSSR count). The SMILES string of the molecule is CC(C)NCc1coc(N(C)C(C)C2CC2)n1. The maximum atomic E-state index is 5.53. The highest BCUT2D eigenvalue weighted by Gasteiger charge is 2.32. The van der Waals surface area contributed by atoms with E-state index in [1.807, 2.05) is 0 Å². The Balaban J connectivity index is 1.92. The first kappa shape index (κ1) is 12.4. The van der Waals surface area contributed by atoms with Gasteiger partial charge in [-0.2, -0.15) is 4.98 Å². The van der Waals surface area contributed by atoms with Crippen molar-refractivity contribution in [2.24, 2.45) is 5.92 Å². The Labute approximate surface area is 103 Å². The normalized spacial score (nSPS) is 17.5. The molecule has 0 aromatic carbocycles. The van der Waals surface area contributed by atoms with Crippen LogP contribution in [0.2, 0.25) is 0 Å². The average Bonchev–Trinajstić information content (AvgIpc) is 3.03. The van der Waals surface area contributed by atoms with Crippen LogP contribution in [0.3, 0.4) is 0 Å². The molecule has 1 saturated carbocycles. The molecule has 1 aliphatic rings. The Kier molecular flexibility index (Phi) is 3.72. The van der Waals surface area contributed by atoms with Crippen molar-refractivity contribution in [1.29, 1.82) is 0 Å². The quantitative estimate of drug-likeness (QED) is 0.825. The van der Waals surface area contributed by atoms with E-state index >= 15 is 0 Å². The molecule has 17 heavy (non-hydrogen) atoms. The van der Waals surface area contributed by atoms with Crippen molar-refractivity contribution in [3.8, 4) is 0 Å². The third-order valence-electron chi connectivity index (χ3n) is 3.45. The molecule has 0 saturated heterocycles. The molecular weight excluding hydrogens is 214 g/mol. The first-order valence-electron chi connectivity index (χ1n) is 6.48. The van der Waals surface area contributed by atoms with Gasteiger partial charge in [0, 0.05) is 25.7 Å². The summed E-state index contributed by atoms with van der Waals surface area (Å²) in [4.78, 5) is 6.66. The first-order valence-corrected chi connectivity index (χ1v) is 6.48. The Morgan fingerprint density at radius 1 is 1.47 bits per heavy atom. The lowest BCUT2D eigenvalue weighted by atomic mass is 10.2. The van der Waals surface area contributed by atoms with E-state index in [1.165, 1.54) is 12.8 Å². The molecule has 1 unspecified atom stereocenters. The lowest BCUT2D eigenvalue weighted by Gasteiger charge is -2.22. The van der Waals surface area contributed by atoms with Crippen molar-refractivity contribution < 1.29 is 4.42 Å². The Morgan fingerprint density at radius 3 is 2.76 bits per heavy atom. The Bertz CT molecular complexity index is 357. The molecule has 1 fully saturated rings. The van der Waals surface area contributed by atoms with Crippen LogP contribution in [0.25, 0.3) is 0 Å². The number of nitrogens with one attached hydrogen (secondary N) is 1. The van der Waals surface area contributed by atoms with E-state index in [4.69, 9.17) is 4.42 Å². The first-order chi connectivity index (χ1) is 8.08. The number of rotatable bonds is 6. The van der Waals surface area contributed by atoms with Crippen LogP contribution in [-0.4, -0.2) is 24.1 Å². The summed E-state index contributed by atoms with van der Waals surface area (Å²) in [5.74, 6) is 0.823. The molecule has 0 amide bonds. The fourth-order valence-electron chi connectivity index (χ4n) is 1.92. The predicted octanol–water partition coefficient (Wildman–Crippen LogP) is 2.41. The highest BCUT2D eigenvalue weighted by Crippen LogP contribution is 2.35. The van der Waals surface area contributed by atoms with Gasteiger partial charge in [0.25, 0.3) is 6.01 Å². The minimum atomic E-state index is 0.471. The van der Waals surface area contributed by atoms with E-state index < -0.39 is 0 Å². The van der Waals surface area contributed by atoms with Crippen LogP contribution in [0.5, 0.6) is 0 Å². The number of aromatic nitrogens is 1. The van der Waals surface area contributed by atoms with Crippen molar-refractivity contribution in [2.45, 2.75) is 52.2 Å². The molecule has 0 radical (unpaired) electrons. The minimum absolute atomic E-state index is 0.471. The van der Waals surface area contributed by atoms with E-state index in [0.29, 0.717) is 12.1 Å². The van der Waals surface area contributed by atoms with Crippen LogP contribution in [0.4, 0.5) is 6.01 Å².